The van der Waals surface area contributed by atoms with Gasteiger partial charge < -0.3 is 14.8 Å². The Hall–Kier alpha value is -3.49. The normalized spacial score (nSPS) is 17.1. The molecule has 0 aromatic heterocycles. The molecule has 0 saturated carbocycles. The fraction of sp³-hybridized carbons (Fsp3) is 0.167. The van der Waals surface area contributed by atoms with Crippen molar-refractivity contribution in [3.8, 4) is 18.1 Å². The van der Waals surface area contributed by atoms with Crippen LogP contribution in [-0.2, 0) is 9.53 Å². The van der Waals surface area contributed by atoms with Crippen molar-refractivity contribution in [3.05, 3.63) is 81.0 Å². The average Bonchev–Trinajstić information content (AvgIpc) is 3.03. The fourth-order valence-electron chi connectivity index (χ4n) is 3.98. The summed E-state index contributed by atoms with van der Waals surface area (Å²) >= 11 is 6.41. The second-order valence-electron chi connectivity index (χ2n) is 6.93. The van der Waals surface area contributed by atoms with Gasteiger partial charge in [-0.2, -0.15) is 0 Å². The van der Waals surface area contributed by atoms with Crippen molar-refractivity contribution in [2.45, 2.75) is 12.8 Å². The van der Waals surface area contributed by atoms with Gasteiger partial charge in [-0.15, -0.1) is 6.42 Å². The number of fused-ring (bicyclic) bond motifs is 2. The van der Waals surface area contributed by atoms with Crippen LogP contribution in [0.15, 0.2) is 59.3 Å². The monoisotopic (exact) mass is 419 g/mol. The SMILES string of the molecule is C#CCOc1ccc([C@H]2C(C(=O)OC)=C(C)NC3=C2C(=O)c2ccccc23)cc1Cl. The van der Waals surface area contributed by atoms with Gasteiger partial charge in [0.05, 0.1) is 23.4 Å². The smallest absolute Gasteiger partial charge is 0.336 e. The predicted molar refractivity (Wildman–Crippen MR) is 114 cm³/mol. The average molecular weight is 420 g/mol. The van der Waals surface area contributed by atoms with Gasteiger partial charge >= 0.3 is 5.97 Å². The van der Waals surface area contributed by atoms with Crippen molar-refractivity contribution in [2.75, 3.05) is 13.7 Å². The molecule has 0 amide bonds. The summed E-state index contributed by atoms with van der Waals surface area (Å²) in [6.45, 7) is 1.88. The van der Waals surface area contributed by atoms with Crippen molar-refractivity contribution < 1.29 is 19.1 Å². The second kappa shape index (κ2) is 7.74. The summed E-state index contributed by atoms with van der Waals surface area (Å²) in [5, 5.41) is 3.58. The van der Waals surface area contributed by atoms with Crippen LogP contribution in [0, 0.1) is 12.3 Å². The molecule has 0 fully saturated rings. The number of ether oxygens (including phenoxy) is 2. The molecular formula is C24H18ClNO4. The highest BCUT2D eigenvalue weighted by molar-refractivity contribution is 6.32. The first-order valence-electron chi connectivity index (χ1n) is 9.28. The van der Waals surface area contributed by atoms with Crippen molar-refractivity contribution in [2.24, 2.45) is 0 Å². The van der Waals surface area contributed by atoms with Gasteiger partial charge in [0, 0.05) is 28.3 Å². The van der Waals surface area contributed by atoms with Crippen LogP contribution in [0.2, 0.25) is 5.02 Å². The molecule has 4 rings (SSSR count). The predicted octanol–water partition coefficient (Wildman–Crippen LogP) is 4.09. The minimum absolute atomic E-state index is 0.0853. The summed E-state index contributed by atoms with van der Waals surface area (Å²) < 4.78 is 10.5. The first-order valence-corrected chi connectivity index (χ1v) is 9.65. The quantitative estimate of drug-likeness (QED) is 0.597. The molecule has 2 aromatic carbocycles. The Balaban J connectivity index is 1.89. The zero-order valence-corrected chi connectivity index (χ0v) is 17.2. The number of hydrogen-bond donors (Lipinski definition) is 1. The van der Waals surface area contributed by atoms with E-state index in [0.29, 0.717) is 44.4 Å². The molecule has 0 radical (unpaired) electrons. The molecule has 1 aliphatic carbocycles. The van der Waals surface area contributed by atoms with Crippen LogP contribution in [0.4, 0.5) is 0 Å². The van der Waals surface area contributed by atoms with Crippen LogP contribution >= 0.6 is 11.6 Å². The zero-order valence-electron chi connectivity index (χ0n) is 16.4. The van der Waals surface area contributed by atoms with Crippen LogP contribution in [-0.4, -0.2) is 25.5 Å². The highest BCUT2D eigenvalue weighted by atomic mass is 35.5. The van der Waals surface area contributed by atoms with E-state index < -0.39 is 11.9 Å². The third-order valence-electron chi connectivity index (χ3n) is 5.25. The van der Waals surface area contributed by atoms with Gasteiger partial charge in [0.1, 0.15) is 12.4 Å². The van der Waals surface area contributed by atoms with Gasteiger partial charge in [-0.3, -0.25) is 4.79 Å². The van der Waals surface area contributed by atoms with Gasteiger partial charge in [-0.1, -0.05) is 47.9 Å². The maximum Gasteiger partial charge on any atom is 0.336 e. The maximum absolute atomic E-state index is 13.3. The van der Waals surface area contributed by atoms with Crippen LogP contribution in [0.1, 0.15) is 34.3 Å². The van der Waals surface area contributed by atoms with Crippen molar-refractivity contribution in [1.82, 2.24) is 5.32 Å². The number of halogens is 1. The number of esters is 1. The Morgan fingerprint density at radius 3 is 2.63 bits per heavy atom. The number of nitrogens with one attached hydrogen (secondary N) is 1. The lowest BCUT2D eigenvalue weighted by atomic mass is 9.80. The number of benzene rings is 2. The molecule has 0 unspecified atom stereocenters. The standard InChI is InChI=1S/C24H18ClNO4/c1-4-11-30-18-10-9-14(12-17(18)25)20-19(24(28)29-3)13(2)26-22-15-7-5-6-8-16(15)23(27)21(20)22/h1,5-10,12,20,26H,11H2,2-3H3/t20-/m0/s1. The summed E-state index contributed by atoms with van der Waals surface area (Å²) in [5.74, 6) is 1.56. The number of allylic oxidation sites excluding steroid dienone is 2. The third-order valence-corrected chi connectivity index (χ3v) is 5.55. The fourth-order valence-corrected chi connectivity index (χ4v) is 4.22. The number of ketones is 1. The Kier molecular flexibility index (Phi) is 5.11. The number of carbonyl (C=O) groups is 2. The van der Waals surface area contributed by atoms with E-state index in [9.17, 15) is 9.59 Å². The van der Waals surface area contributed by atoms with Crippen molar-refractivity contribution in [1.29, 1.82) is 0 Å². The molecule has 6 heteroatoms. The molecule has 0 spiro atoms. The number of Topliss-reactive ketones (excluding diaryl/α,β-unsaturated/α-hetero) is 1. The van der Waals surface area contributed by atoms with Crippen LogP contribution < -0.4 is 10.1 Å². The van der Waals surface area contributed by atoms with Gasteiger partial charge in [0.25, 0.3) is 0 Å². The molecular weight excluding hydrogens is 402 g/mol. The third kappa shape index (κ3) is 3.06. The maximum atomic E-state index is 13.3. The first-order chi connectivity index (χ1) is 14.5. The van der Waals surface area contributed by atoms with Gasteiger partial charge in [-0.25, -0.2) is 4.79 Å². The largest absolute Gasteiger partial charge is 0.479 e. The van der Waals surface area contributed by atoms with E-state index in [1.807, 2.05) is 18.2 Å². The molecule has 0 bridgehead atoms. The molecule has 150 valence electrons. The number of terminal acetylenes is 1. The Labute approximate surface area is 179 Å². The number of methoxy groups -OCH3 is 1. The van der Waals surface area contributed by atoms with E-state index in [1.54, 1.807) is 31.2 Å². The van der Waals surface area contributed by atoms with E-state index in [2.05, 4.69) is 11.2 Å². The molecule has 1 atom stereocenters. The molecule has 2 aromatic rings. The molecule has 30 heavy (non-hydrogen) atoms. The molecule has 2 aliphatic rings. The first kappa shape index (κ1) is 19.8. The Morgan fingerprint density at radius 1 is 1.23 bits per heavy atom. The molecule has 1 heterocycles. The van der Waals surface area contributed by atoms with E-state index in [1.165, 1.54) is 7.11 Å². The van der Waals surface area contributed by atoms with Crippen molar-refractivity contribution >= 4 is 29.1 Å². The Morgan fingerprint density at radius 2 is 1.97 bits per heavy atom. The summed E-state index contributed by atoms with van der Waals surface area (Å²) in [5.41, 5.74) is 4.28. The topological polar surface area (TPSA) is 64.6 Å². The number of hydrogen-bond acceptors (Lipinski definition) is 5. The van der Waals surface area contributed by atoms with Gasteiger partial charge in [0.15, 0.2) is 5.78 Å². The van der Waals surface area contributed by atoms with Gasteiger partial charge in [0.2, 0.25) is 0 Å². The summed E-state index contributed by atoms with van der Waals surface area (Å²) in [6, 6.07) is 12.5. The molecule has 1 N–H and O–H groups in total. The lowest BCUT2D eigenvalue weighted by Crippen LogP contribution is -2.29. The molecule has 5 nitrogen and oxygen atoms in total. The number of dihydropyridines is 1. The summed E-state index contributed by atoms with van der Waals surface area (Å²) in [4.78, 5) is 26.0. The lowest BCUT2D eigenvalue weighted by molar-refractivity contribution is -0.136. The minimum atomic E-state index is -0.632. The number of carbonyl (C=O) groups excluding carboxylic acids is 2. The van der Waals surface area contributed by atoms with Crippen LogP contribution in [0.3, 0.4) is 0 Å². The van der Waals surface area contributed by atoms with E-state index >= 15 is 0 Å². The van der Waals surface area contributed by atoms with Crippen LogP contribution in [0.5, 0.6) is 5.75 Å². The number of rotatable bonds is 4. The van der Waals surface area contributed by atoms with E-state index in [0.717, 1.165) is 5.56 Å². The molecule has 1 aliphatic heterocycles. The summed E-state index contributed by atoms with van der Waals surface area (Å²) in [6.07, 6.45) is 5.24. The van der Waals surface area contributed by atoms with Gasteiger partial charge in [-0.05, 0) is 24.6 Å². The second-order valence-corrected chi connectivity index (χ2v) is 7.34. The lowest BCUT2D eigenvalue weighted by Gasteiger charge is -2.29. The highest BCUT2D eigenvalue weighted by Crippen LogP contribution is 2.47. The van der Waals surface area contributed by atoms with Crippen molar-refractivity contribution in [3.63, 3.8) is 0 Å². The van der Waals surface area contributed by atoms with E-state index in [4.69, 9.17) is 27.5 Å². The highest BCUT2D eigenvalue weighted by Gasteiger charge is 2.42. The summed E-state index contributed by atoms with van der Waals surface area (Å²) in [7, 11) is 1.32. The zero-order chi connectivity index (χ0) is 21.4. The van der Waals surface area contributed by atoms with E-state index in [-0.39, 0.29) is 12.4 Å². The molecule has 0 saturated heterocycles. The Bertz CT molecular complexity index is 1190. The van der Waals surface area contributed by atoms with Crippen LogP contribution in [0.25, 0.3) is 5.70 Å². The minimum Gasteiger partial charge on any atom is -0.479 e.